The number of ketones is 1. The monoisotopic (exact) mass is 778 g/mol. The van der Waals surface area contributed by atoms with Gasteiger partial charge >= 0.3 is 11.9 Å². The number of ether oxygens (including phenoxy) is 10. The molecule has 13 nitrogen and oxygen atoms in total. The third-order valence-electron chi connectivity index (χ3n) is 10.2. The van der Waals surface area contributed by atoms with E-state index >= 15 is 0 Å². The summed E-state index contributed by atoms with van der Waals surface area (Å²) < 4.78 is 61.9. The number of hydrogen-bond acceptors (Lipinski definition) is 13. The van der Waals surface area contributed by atoms with Gasteiger partial charge in [0.05, 0.1) is 32.3 Å². The first kappa shape index (κ1) is 45.1. The van der Waals surface area contributed by atoms with Crippen molar-refractivity contribution < 1.29 is 61.8 Å². The molecule has 0 spiro atoms. The van der Waals surface area contributed by atoms with Crippen molar-refractivity contribution in [3.8, 4) is 5.75 Å². The fraction of sp³-hybridized carbons (Fsp3) is 0.786. The number of rotatable bonds is 23. The van der Waals surface area contributed by atoms with Crippen LogP contribution in [0.1, 0.15) is 131 Å². The summed E-state index contributed by atoms with van der Waals surface area (Å²) in [5, 5.41) is 0. The van der Waals surface area contributed by atoms with Crippen molar-refractivity contribution in [1.29, 1.82) is 0 Å². The second-order valence-electron chi connectivity index (χ2n) is 15.5. The first-order valence-corrected chi connectivity index (χ1v) is 20.4. The minimum absolute atomic E-state index is 0.00287. The number of esters is 2. The van der Waals surface area contributed by atoms with Crippen LogP contribution in [0.3, 0.4) is 0 Å². The number of fused-ring (bicyclic) bond motifs is 1. The summed E-state index contributed by atoms with van der Waals surface area (Å²) in [6, 6.07) is 7.31. The maximum absolute atomic E-state index is 13.2. The molecule has 312 valence electrons. The van der Waals surface area contributed by atoms with Crippen molar-refractivity contribution in [2.75, 3.05) is 13.7 Å². The highest BCUT2D eigenvalue weighted by Gasteiger charge is 2.58. The molecule has 10 atom stereocenters. The number of carbonyl (C=O) groups excluding carboxylic acids is 3. The standard InChI is InChI=1S/C42H66O13/c1-9-10-11-12-13-14-15-16-17-18-25-47-40-39-37(54-42(6,7)55-39)35(29(4)49-40)53-41-38(52-33(45)24-19-27(2)43)36(34(28(3)50-41)51-30(5)44)48-26-31-20-22-32(46-8)23-21-31/h20-23,28-29,34-41H,9-19,24-26H2,1-8H3/t28-,29-,34-,35-,36+,37+,38+,39+,40+,41-/m0/s1. The summed E-state index contributed by atoms with van der Waals surface area (Å²) in [7, 11) is 1.58. The Bertz CT molecular complexity index is 1320. The molecule has 3 aliphatic rings. The number of methoxy groups -OCH3 is 1. The smallest absolute Gasteiger partial charge is 0.306 e. The van der Waals surface area contributed by atoms with Crippen LogP contribution in [0.25, 0.3) is 0 Å². The lowest BCUT2D eigenvalue weighted by Crippen LogP contribution is -2.64. The Morgan fingerprint density at radius 1 is 0.691 bits per heavy atom. The SMILES string of the molecule is CCCCCCCCCCCCO[C@@H]1O[C@@H](C)[C@H](O[C@@H]2O[C@@H](C)[C@H](OC(C)=O)[C@@H](OCc3ccc(OC)cc3)[C@H]2OC(=O)CCC(C)=O)[C@H]2OC(C)(C)O[C@@H]12. The molecule has 0 aromatic heterocycles. The van der Waals surface area contributed by atoms with Crippen LogP contribution in [0.5, 0.6) is 5.75 Å². The van der Waals surface area contributed by atoms with E-state index in [4.69, 9.17) is 47.4 Å². The molecule has 3 aliphatic heterocycles. The van der Waals surface area contributed by atoms with Gasteiger partial charge in [0.15, 0.2) is 30.6 Å². The van der Waals surface area contributed by atoms with Gasteiger partial charge in [-0.15, -0.1) is 0 Å². The van der Waals surface area contributed by atoms with Crippen LogP contribution in [0.2, 0.25) is 0 Å². The summed E-state index contributed by atoms with van der Waals surface area (Å²) in [5.41, 5.74) is 0.806. The average Bonchev–Trinajstić information content (AvgIpc) is 3.47. The third kappa shape index (κ3) is 14.0. The molecule has 1 aromatic carbocycles. The molecule has 1 aromatic rings. The van der Waals surface area contributed by atoms with Crippen molar-refractivity contribution in [3.63, 3.8) is 0 Å². The Morgan fingerprint density at radius 3 is 1.91 bits per heavy atom. The average molecular weight is 779 g/mol. The summed E-state index contributed by atoms with van der Waals surface area (Å²) in [5.74, 6) is -1.64. The van der Waals surface area contributed by atoms with Gasteiger partial charge in [0.1, 0.15) is 35.9 Å². The van der Waals surface area contributed by atoms with Gasteiger partial charge in [-0.3, -0.25) is 9.59 Å². The lowest BCUT2D eigenvalue weighted by Gasteiger charge is -2.47. The van der Waals surface area contributed by atoms with Crippen LogP contribution in [0.4, 0.5) is 0 Å². The van der Waals surface area contributed by atoms with Gasteiger partial charge in [-0.1, -0.05) is 76.8 Å². The van der Waals surface area contributed by atoms with E-state index in [-0.39, 0.29) is 25.2 Å². The molecular formula is C42H66O13. The van der Waals surface area contributed by atoms with Crippen molar-refractivity contribution in [1.82, 2.24) is 0 Å². The fourth-order valence-corrected chi connectivity index (χ4v) is 7.34. The largest absolute Gasteiger partial charge is 0.497 e. The Balaban J connectivity index is 1.47. The molecule has 0 N–H and O–H groups in total. The lowest BCUT2D eigenvalue weighted by atomic mass is 9.97. The normalized spacial score (nSPS) is 30.0. The number of Topliss-reactive ketones (excluding diaryl/α,β-unsaturated/α-hetero) is 1. The van der Waals surface area contributed by atoms with E-state index in [0.29, 0.717) is 12.4 Å². The van der Waals surface area contributed by atoms with Gasteiger partial charge in [-0.05, 0) is 58.7 Å². The first-order chi connectivity index (χ1) is 26.3. The van der Waals surface area contributed by atoms with Crippen LogP contribution < -0.4 is 4.74 Å². The molecule has 0 saturated carbocycles. The maximum atomic E-state index is 13.2. The van der Waals surface area contributed by atoms with Gasteiger partial charge in [-0.2, -0.15) is 0 Å². The van der Waals surface area contributed by atoms with E-state index in [1.807, 2.05) is 32.9 Å². The Morgan fingerprint density at radius 2 is 1.29 bits per heavy atom. The van der Waals surface area contributed by atoms with Crippen LogP contribution in [-0.4, -0.2) is 98.6 Å². The van der Waals surface area contributed by atoms with Gasteiger partial charge < -0.3 is 52.2 Å². The summed E-state index contributed by atoms with van der Waals surface area (Å²) in [6.07, 6.45) is 3.81. The molecule has 4 rings (SSSR count). The molecule has 0 radical (unpaired) electrons. The van der Waals surface area contributed by atoms with Crippen molar-refractivity contribution >= 4 is 17.7 Å². The molecule has 3 saturated heterocycles. The van der Waals surface area contributed by atoms with Crippen LogP contribution in [0.15, 0.2) is 24.3 Å². The van der Waals surface area contributed by atoms with Crippen LogP contribution in [0, 0.1) is 0 Å². The van der Waals surface area contributed by atoms with Gasteiger partial charge in [0, 0.05) is 20.0 Å². The molecule has 0 unspecified atom stereocenters. The molecular weight excluding hydrogens is 712 g/mol. The van der Waals surface area contributed by atoms with Gasteiger partial charge in [0.25, 0.3) is 0 Å². The quantitative estimate of drug-likeness (QED) is 0.0822. The predicted octanol–water partition coefficient (Wildman–Crippen LogP) is 7.13. The fourth-order valence-electron chi connectivity index (χ4n) is 7.34. The van der Waals surface area contributed by atoms with E-state index in [1.165, 1.54) is 65.2 Å². The van der Waals surface area contributed by atoms with E-state index in [0.717, 1.165) is 18.4 Å². The van der Waals surface area contributed by atoms with Gasteiger partial charge in [0.2, 0.25) is 0 Å². The Kier molecular flexibility index (Phi) is 18.3. The third-order valence-corrected chi connectivity index (χ3v) is 10.2. The predicted molar refractivity (Wildman–Crippen MR) is 202 cm³/mol. The summed E-state index contributed by atoms with van der Waals surface area (Å²) in [6.45, 7) is 12.8. The molecule has 0 bridgehead atoms. The van der Waals surface area contributed by atoms with E-state index < -0.39 is 79.1 Å². The zero-order chi connectivity index (χ0) is 40.0. The maximum Gasteiger partial charge on any atom is 0.306 e. The Hall–Kier alpha value is -2.65. The topological polar surface area (TPSA) is 144 Å². The van der Waals surface area contributed by atoms with E-state index in [1.54, 1.807) is 26.2 Å². The number of hydrogen-bond donors (Lipinski definition) is 0. The molecule has 13 heteroatoms. The van der Waals surface area contributed by atoms with E-state index in [2.05, 4.69) is 6.92 Å². The second-order valence-corrected chi connectivity index (χ2v) is 15.5. The van der Waals surface area contributed by atoms with Crippen molar-refractivity contribution in [2.24, 2.45) is 0 Å². The molecule has 3 heterocycles. The number of carbonyl (C=O) groups is 3. The zero-order valence-electron chi connectivity index (χ0n) is 34.3. The van der Waals surface area contributed by atoms with Crippen LogP contribution >= 0.6 is 0 Å². The zero-order valence-corrected chi connectivity index (χ0v) is 34.3. The highest BCUT2D eigenvalue weighted by molar-refractivity contribution is 5.81. The second kappa shape index (κ2) is 22.3. The molecule has 55 heavy (non-hydrogen) atoms. The van der Waals surface area contributed by atoms with Gasteiger partial charge in [-0.25, -0.2) is 0 Å². The molecule has 0 aliphatic carbocycles. The minimum atomic E-state index is -1.20. The summed E-state index contributed by atoms with van der Waals surface area (Å²) in [4.78, 5) is 37.3. The van der Waals surface area contributed by atoms with E-state index in [9.17, 15) is 14.4 Å². The lowest BCUT2D eigenvalue weighted by molar-refractivity contribution is -0.347. The van der Waals surface area contributed by atoms with Crippen LogP contribution in [-0.2, 0) is 63.6 Å². The van der Waals surface area contributed by atoms with Crippen molar-refractivity contribution in [2.45, 2.75) is 199 Å². The molecule has 0 amide bonds. The Labute approximate surface area is 327 Å². The number of unbranched alkanes of at least 4 members (excludes halogenated alkanes) is 9. The number of benzene rings is 1. The highest BCUT2D eigenvalue weighted by Crippen LogP contribution is 2.41. The first-order valence-electron chi connectivity index (χ1n) is 20.4. The highest BCUT2D eigenvalue weighted by atomic mass is 16.8. The van der Waals surface area contributed by atoms with Crippen molar-refractivity contribution in [3.05, 3.63) is 29.8 Å². The molecule has 3 fully saturated rings. The summed E-state index contributed by atoms with van der Waals surface area (Å²) >= 11 is 0. The minimum Gasteiger partial charge on any atom is -0.497 e.